The number of hydrogen-bond donors (Lipinski definition) is 2. The number of aromatic hydroxyl groups is 1. The van der Waals surface area contributed by atoms with Crippen molar-refractivity contribution in [3.05, 3.63) is 30.3 Å². The summed E-state index contributed by atoms with van der Waals surface area (Å²) in [7, 11) is 0. The van der Waals surface area contributed by atoms with Crippen molar-refractivity contribution in [1.82, 2.24) is 0 Å². The molecule has 0 saturated heterocycles. The van der Waals surface area contributed by atoms with E-state index in [0.717, 1.165) is 29.8 Å². The van der Waals surface area contributed by atoms with E-state index in [1.54, 1.807) is 12.1 Å². The maximum atomic E-state index is 9.24. The summed E-state index contributed by atoms with van der Waals surface area (Å²) < 4.78 is 0. The molecule has 0 aromatic heterocycles. The Balaban J connectivity index is 2.54. The fourth-order valence-corrected chi connectivity index (χ4v) is 1.46. The first-order valence-corrected chi connectivity index (χ1v) is 4.02. The summed E-state index contributed by atoms with van der Waals surface area (Å²) in [5.74, 6) is 0.304. The van der Waals surface area contributed by atoms with Crippen LogP contribution < -0.4 is 5.32 Å². The van der Waals surface area contributed by atoms with Gasteiger partial charge in [-0.3, -0.25) is 0 Å². The van der Waals surface area contributed by atoms with Crippen molar-refractivity contribution in [3.8, 4) is 5.75 Å². The van der Waals surface area contributed by atoms with Crippen molar-refractivity contribution in [2.75, 3.05) is 11.9 Å². The van der Waals surface area contributed by atoms with Gasteiger partial charge in [-0.1, -0.05) is 6.58 Å². The van der Waals surface area contributed by atoms with Crippen LogP contribution in [0.15, 0.2) is 24.8 Å². The average Bonchev–Trinajstić information content (AvgIpc) is 2.07. The van der Waals surface area contributed by atoms with Crippen LogP contribution in [0.4, 0.5) is 5.69 Å². The van der Waals surface area contributed by atoms with Crippen molar-refractivity contribution in [2.24, 2.45) is 0 Å². The predicted molar refractivity (Wildman–Crippen MR) is 50.2 cm³/mol. The summed E-state index contributed by atoms with van der Waals surface area (Å²) in [5.41, 5.74) is 3.21. The summed E-state index contributed by atoms with van der Waals surface area (Å²) in [5, 5.41) is 12.5. The smallest absolute Gasteiger partial charge is 0.116 e. The van der Waals surface area contributed by atoms with Crippen molar-refractivity contribution < 1.29 is 5.11 Å². The third-order valence-electron chi connectivity index (χ3n) is 2.13. The Bertz CT molecular complexity index is 331. The number of rotatable bonds is 0. The van der Waals surface area contributed by atoms with Crippen molar-refractivity contribution >= 4 is 11.3 Å². The van der Waals surface area contributed by atoms with Gasteiger partial charge in [-0.25, -0.2) is 0 Å². The van der Waals surface area contributed by atoms with Crippen LogP contribution in [0.2, 0.25) is 0 Å². The van der Waals surface area contributed by atoms with Gasteiger partial charge in [-0.15, -0.1) is 0 Å². The molecule has 0 saturated carbocycles. The third kappa shape index (κ3) is 1.05. The number of fused-ring (bicyclic) bond motifs is 1. The van der Waals surface area contributed by atoms with Crippen molar-refractivity contribution in [1.29, 1.82) is 0 Å². The predicted octanol–water partition coefficient (Wildman–Crippen LogP) is 2.22. The lowest BCUT2D eigenvalue weighted by Gasteiger charge is -2.19. The first-order valence-electron chi connectivity index (χ1n) is 4.02. The molecule has 2 rings (SSSR count). The molecule has 1 aromatic rings. The SMILES string of the molecule is C=C1CCNc2ccc(O)cc21. The molecule has 62 valence electrons. The monoisotopic (exact) mass is 161 g/mol. The van der Waals surface area contributed by atoms with E-state index < -0.39 is 0 Å². The highest BCUT2D eigenvalue weighted by atomic mass is 16.3. The standard InChI is InChI=1S/C10H11NO/c1-7-4-5-11-10-3-2-8(12)6-9(7)10/h2-3,6,11-12H,1,4-5H2. The highest BCUT2D eigenvalue weighted by Gasteiger charge is 2.11. The number of phenols is 1. The molecule has 1 heterocycles. The maximum absolute atomic E-state index is 9.24. The van der Waals surface area contributed by atoms with E-state index >= 15 is 0 Å². The molecule has 0 fully saturated rings. The van der Waals surface area contributed by atoms with Crippen LogP contribution in [0.25, 0.3) is 5.57 Å². The zero-order chi connectivity index (χ0) is 8.55. The van der Waals surface area contributed by atoms with Crippen molar-refractivity contribution in [3.63, 3.8) is 0 Å². The number of benzene rings is 1. The topological polar surface area (TPSA) is 32.3 Å². The highest BCUT2D eigenvalue weighted by molar-refractivity contribution is 5.78. The second-order valence-electron chi connectivity index (χ2n) is 3.01. The first kappa shape index (κ1) is 7.22. The Morgan fingerprint density at radius 2 is 2.25 bits per heavy atom. The molecule has 0 radical (unpaired) electrons. The van der Waals surface area contributed by atoms with Crippen LogP contribution >= 0.6 is 0 Å². The van der Waals surface area contributed by atoms with Gasteiger partial charge in [0, 0.05) is 17.8 Å². The lowest BCUT2D eigenvalue weighted by molar-refractivity contribution is 0.475. The van der Waals surface area contributed by atoms with Gasteiger partial charge < -0.3 is 10.4 Å². The largest absolute Gasteiger partial charge is 0.508 e. The van der Waals surface area contributed by atoms with E-state index in [2.05, 4.69) is 11.9 Å². The van der Waals surface area contributed by atoms with Gasteiger partial charge in [0.05, 0.1) is 0 Å². The highest BCUT2D eigenvalue weighted by Crippen LogP contribution is 2.31. The Labute approximate surface area is 71.5 Å². The number of nitrogens with one attached hydrogen (secondary N) is 1. The van der Waals surface area contributed by atoms with Crippen LogP contribution in [0.5, 0.6) is 5.75 Å². The second-order valence-corrected chi connectivity index (χ2v) is 3.01. The molecule has 0 spiro atoms. The van der Waals surface area contributed by atoms with E-state index in [1.807, 2.05) is 6.07 Å². The van der Waals surface area contributed by atoms with Crippen LogP contribution in [-0.2, 0) is 0 Å². The molecule has 0 atom stereocenters. The van der Waals surface area contributed by atoms with Crippen LogP contribution in [-0.4, -0.2) is 11.7 Å². The molecule has 1 aromatic carbocycles. The molecule has 0 amide bonds. The minimum absolute atomic E-state index is 0.304. The second kappa shape index (κ2) is 2.55. The molecule has 2 N–H and O–H groups in total. The van der Waals surface area contributed by atoms with E-state index in [9.17, 15) is 5.11 Å². The molecular formula is C10H11NO. The number of hydrogen-bond acceptors (Lipinski definition) is 2. The molecule has 12 heavy (non-hydrogen) atoms. The van der Waals surface area contributed by atoms with Gasteiger partial charge in [0.25, 0.3) is 0 Å². The average molecular weight is 161 g/mol. The van der Waals surface area contributed by atoms with E-state index in [-0.39, 0.29) is 0 Å². The summed E-state index contributed by atoms with van der Waals surface area (Å²) in [6, 6.07) is 5.32. The van der Waals surface area contributed by atoms with E-state index in [4.69, 9.17) is 0 Å². The zero-order valence-electron chi connectivity index (χ0n) is 6.80. The summed E-state index contributed by atoms with van der Waals surface area (Å²) in [6.45, 7) is 4.89. The Hall–Kier alpha value is -1.44. The molecular weight excluding hydrogens is 150 g/mol. The molecule has 1 aliphatic heterocycles. The fourth-order valence-electron chi connectivity index (χ4n) is 1.46. The fraction of sp³-hybridized carbons (Fsp3) is 0.200. The lowest BCUT2D eigenvalue weighted by Crippen LogP contribution is -2.09. The third-order valence-corrected chi connectivity index (χ3v) is 2.13. The molecule has 0 aliphatic carbocycles. The summed E-state index contributed by atoms with van der Waals surface area (Å²) in [6.07, 6.45) is 0.955. The molecule has 2 heteroatoms. The van der Waals surface area contributed by atoms with Crippen LogP contribution in [0, 0.1) is 0 Å². The van der Waals surface area contributed by atoms with Gasteiger partial charge in [-0.2, -0.15) is 0 Å². The van der Waals surface area contributed by atoms with Crippen LogP contribution in [0.3, 0.4) is 0 Å². The van der Waals surface area contributed by atoms with Gasteiger partial charge in [0.15, 0.2) is 0 Å². The first-order chi connectivity index (χ1) is 5.77. The number of phenolic OH excluding ortho intramolecular Hbond substituents is 1. The Morgan fingerprint density at radius 3 is 3.08 bits per heavy atom. The quantitative estimate of drug-likeness (QED) is 0.572. The van der Waals surface area contributed by atoms with E-state index in [0.29, 0.717) is 5.75 Å². The molecule has 0 bridgehead atoms. The summed E-state index contributed by atoms with van der Waals surface area (Å²) in [4.78, 5) is 0. The van der Waals surface area contributed by atoms with Crippen molar-refractivity contribution in [2.45, 2.75) is 6.42 Å². The van der Waals surface area contributed by atoms with Gasteiger partial charge in [-0.05, 0) is 30.2 Å². The Kier molecular flexibility index (Phi) is 1.54. The summed E-state index contributed by atoms with van der Waals surface area (Å²) >= 11 is 0. The maximum Gasteiger partial charge on any atom is 0.116 e. The normalized spacial score (nSPS) is 15.2. The van der Waals surface area contributed by atoms with Gasteiger partial charge in [0.2, 0.25) is 0 Å². The van der Waals surface area contributed by atoms with Gasteiger partial charge >= 0.3 is 0 Å². The van der Waals surface area contributed by atoms with E-state index in [1.165, 1.54) is 0 Å². The lowest BCUT2D eigenvalue weighted by atomic mass is 9.99. The zero-order valence-corrected chi connectivity index (χ0v) is 6.80. The van der Waals surface area contributed by atoms with Gasteiger partial charge in [0.1, 0.15) is 5.75 Å². The molecule has 2 nitrogen and oxygen atoms in total. The molecule has 0 unspecified atom stereocenters. The Morgan fingerprint density at radius 1 is 1.42 bits per heavy atom. The minimum atomic E-state index is 0.304. The van der Waals surface area contributed by atoms with Crippen LogP contribution in [0.1, 0.15) is 12.0 Å². The molecule has 1 aliphatic rings. The minimum Gasteiger partial charge on any atom is -0.508 e. The number of anilines is 1.